The van der Waals surface area contributed by atoms with E-state index in [9.17, 15) is 13.2 Å². The van der Waals surface area contributed by atoms with Gasteiger partial charge in [0.15, 0.2) is 5.96 Å². The fraction of sp³-hybridized carbons (Fsp3) is 0.579. The van der Waals surface area contributed by atoms with Crippen molar-refractivity contribution in [3.63, 3.8) is 0 Å². The van der Waals surface area contributed by atoms with E-state index in [4.69, 9.17) is 11.6 Å². The van der Waals surface area contributed by atoms with Gasteiger partial charge in [-0.25, -0.2) is 8.42 Å². The average molecular weight is 557 g/mol. The highest BCUT2D eigenvalue weighted by molar-refractivity contribution is 14.0. The highest BCUT2D eigenvalue weighted by Gasteiger charge is 2.23. The molecule has 0 saturated carbocycles. The Kier molecular flexibility index (Phi) is 11.3. The predicted octanol–water partition coefficient (Wildman–Crippen LogP) is 2.04. The lowest BCUT2D eigenvalue weighted by molar-refractivity contribution is -0.131. The number of piperazine rings is 1. The van der Waals surface area contributed by atoms with Crippen molar-refractivity contribution >= 4 is 57.3 Å². The quantitative estimate of drug-likeness (QED) is 0.241. The summed E-state index contributed by atoms with van der Waals surface area (Å²) >= 11 is 5.99. The van der Waals surface area contributed by atoms with Gasteiger partial charge in [0.25, 0.3) is 0 Å². The molecule has 1 saturated heterocycles. The molecule has 0 atom stereocenters. The van der Waals surface area contributed by atoms with Crippen LogP contribution < -0.4 is 5.32 Å². The Morgan fingerprint density at radius 2 is 1.86 bits per heavy atom. The summed E-state index contributed by atoms with van der Waals surface area (Å²) < 4.78 is 22.5. The van der Waals surface area contributed by atoms with Gasteiger partial charge < -0.3 is 15.1 Å². The van der Waals surface area contributed by atoms with E-state index in [1.165, 1.54) is 6.26 Å². The van der Waals surface area contributed by atoms with Crippen LogP contribution in [0.5, 0.6) is 0 Å². The number of carbonyl (C=O) groups is 1. The molecule has 0 aromatic heterocycles. The first-order valence-corrected chi connectivity index (χ1v) is 12.0. The molecule has 7 nitrogen and oxygen atoms in total. The van der Waals surface area contributed by atoms with Gasteiger partial charge in [-0.15, -0.1) is 24.0 Å². The van der Waals surface area contributed by atoms with Gasteiger partial charge in [0, 0.05) is 50.5 Å². The summed E-state index contributed by atoms with van der Waals surface area (Å²) in [6.45, 7) is 5.84. The first kappa shape index (κ1) is 26.0. The summed E-state index contributed by atoms with van der Waals surface area (Å²) in [5.41, 5.74) is 0.917. The fourth-order valence-corrected chi connectivity index (χ4v) is 3.90. The number of amides is 1. The summed E-state index contributed by atoms with van der Waals surface area (Å²) in [6, 6.07) is 7.38. The van der Waals surface area contributed by atoms with E-state index in [-0.39, 0.29) is 35.6 Å². The summed E-state index contributed by atoms with van der Waals surface area (Å²) in [5.74, 6) is 1.01. The van der Waals surface area contributed by atoms with E-state index in [0.29, 0.717) is 50.6 Å². The van der Waals surface area contributed by atoms with Gasteiger partial charge >= 0.3 is 0 Å². The van der Waals surface area contributed by atoms with E-state index in [1.807, 2.05) is 30.0 Å². The molecule has 1 heterocycles. The van der Waals surface area contributed by atoms with Crippen molar-refractivity contribution in [1.29, 1.82) is 0 Å². The Bertz CT molecular complexity index is 796. The van der Waals surface area contributed by atoms with Crippen LogP contribution in [0.3, 0.4) is 0 Å². The van der Waals surface area contributed by atoms with Crippen LogP contribution in [0.4, 0.5) is 0 Å². The second-order valence-corrected chi connectivity index (χ2v) is 9.59. The number of hydrogen-bond acceptors (Lipinski definition) is 4. The van der Waals surface area contributed by atoms with Gasteiger partial charge in [0.1, 0.15) is 9.84 Å². The van der Waals surface area contributed by atoms with E-state index in [0.717, 1.165) is 18.1 Å². The minimum Gasteiger partial charge on any atom is -0.357 e. The molecule has 0 unspecified atom stereocenters. The van der Waals surface area contributed by atoms with Gasteiger partial charge in [-0.3, -0.25) is 9.79 Å². The van der Waals surface area contributed by atoms with Crippen LogP contribution in [0, 0.1) is 0 Å². The van der Waals surface area contributed by atoms with Crippen molar-refractivity contribution in [2.45, 2.75) is 19.8 Å². The highest BCUT2D eigenvalue weighted by atomic mass is 127. The van der Waals surface area contributed by atoms with E-state index in [2.05, 4.69) is 15.2 Å². The number of hydrogen-bond donors (Lipinski definition) is 1. The Labute approximate surface area is 195 Å². The SMILES string of the molecule is CCNC(=NCCCS(C)(=O)=O)N1CCN(C(=O)Cc2cccc(Cl)c2)CC1.I. The number of nitrogens with zero attached hydrogens (tertiary/aromatic N) is 3. The molecule has 1 aliphatic heterocycles. The third-order valence-electron chi connectivity index (χ3n) is 4.45. The fourth-order valence-electron chi connectivity index (χ4n) is 3.04. The summed E-state index contributed by atoms with van der Waals surface area (Å²) in [4.78, 5) is 21.1. The van der Waals surface area contributed by atoms with Gasteiger partial charge in [0.2, 0.25) is 5.91 Å². The number of guanidine groups is 1. The van der Waals surface area contributed by atoms with E-state index >= 15 is 0 Å². The maximum Gasteiger partial charge on any atom is 0.227 e. The maximum atomic E-state index is 12.5. The standard InChI is InChI=1S/C19H29ClN4O3S.HI/c1-3-21-19(22-8-5-13-28(2,26)27)24-11-9-23(10-12-24)18(25)15-16-6-4-7-17(20)14-16;/h4,6-7,14H,3,5,8-13,15H2,1-2H3,(H,21,22);1H. The number of sulfone groups is 1. The third kappa shape index (κ3) is 9.52. The molecule has 1 aliphatic rings. The zero-order valence-corrected chi connectivity index (χ0v) is 20.8. The minimum absolute atomic E-state index is 0. The third-order valence-corrected chi connectivity index (χ3v) is 5.71. The molecule has 1 amide bonds. The minimum atomic E-state index is -2.96. The van der Waals surface area contributed by atoms with Crippen LogP contribution in [0.15, 0.2) is 29.3 Å². The lowest BCUT2D eigenvalue weighted by Crippen LogP contribution is -2.54. The summed E-state index contributed by atoms with van der Waals surface area (Å²) in [5, 5.41) is 3.89. The number of benzene rings is 1. The maximum absolute atomic E-state index is 12.5. The first-order valence-electron chi connectivity index (χ1n) is 9.51. The number of rotatable bonds is 7. The lowest BCUT2D eigenvalue weighted by atomic mass is 10.1. The van der Waals surface area contributed by atoms with Gasteiger partial charge in [0.05, 0.1) is 12.2 Å². The van der Waals surface area contributed by atoms with Crippen molar-refractivity contribution in [2.24, 2.45) is 4.99 Å². The Hall–Kier alpha value is -1.07. The molecule has 0 bridgehead atoms. The molecule has 0 spiro atoms. The molecule has 1 N–H and O–H groups in total. The molecule has 164 valence electrons. The van der Waals surface area contributed by atoms with Crippen LogP contribution >= 0.6 is 35.6 Å². The molecule has 1 aromatic rings. The van der Waals surface area contributed by atoms with E-state index in [1.54, 1.807) is 6.07 Å². The van der Waals surface area contributed by atoms with Crippen LogP contribution in [0.2, 0.25) is 5.02 Å². The predicted molar refractivity (Wildman–Crippen MR) is 129 cm³/mol. The van der Waals surface area contributed by atoms with E-state index < -0.39 is 9.84 Å². The number of carbonyl (C=O) groups excluding carboxylic acids is 1. The van der Waals surface area contributed by atoms with Gasteiger partial charge in [-0.05, 0) is 31.0 Å². The molecule has 10 heteroatoms. The molecule has 1 aromatic carbocycles. The van der Waals surface area contributed by atoms with Crippen LogP contribution in [-0.4, -0.2) is 81.4 Å². The molecule has 0 aliphatic carbocycles. The zero-order valence-electron chi connectivity index (χ0n) is 16.9. The summed E-state index contributed by atoms with van der Waals surface area (Å²) in [7, 11) is -2.96. The monoisotopic (exact) mass is 556 g/mol. The Balaban J connectivity index is 0.00000420. The smallest absolute Gasteiger partial charge is 0.227 e. The van der Waals surface area contributed by atoms with Crippen LogP contribution in [-0.2, 0) is 21.1 Å². The van der Waals surface area contributed by atoms with Crippen molar-refractivity contribution in [3.8, 4) is 0 Å². The molecule has 0 radical (unpaired) electrons. The average Bonchev–Trinajstić information content (AvgIpc) is 2.63. The van der Waals surface area contributed by atoms with Crippen molar-refractivity contribution in [3.05, 3.63) is 34.9 Å². The second kappa shape index (κ2) is 12.6. The first-order chi connectivity index (χ1) is 13.3. The number of halogens is 2. The molecule has 2 rings (SSSR count). The number of nitrogens with one attached hydrogen (secondary N) is 1. The largest absolute Gasteiger partial charge is 0.357 e. The highest BCUT2D eigenvalue weighted by Crippen LogP contribution is 2.13. The van der Waals surface area contributed by atoms with Crippen molar-refractivity contribution in [1.82, 2.24) is 15.1 Å². The molecule has 1 fully saturated rings. The second-order valence-electron chi connectivity index (χ2n) is 6.89. The normalized spacial score (nSPS) is 15.1. The van der Waals surface area contributed by atoms with Crippen LogP contribution in [0.1, 0.15) is 18.9 Å². The van der Waals surface area contributed by atoms with Crippen molar-refractivity contribution in [2.75, 3.05) is 51.3 Å². The van der Waals surface area contributed by atoms with Crippen molar-refractivity contribution < 1.29 is 13.2 Å². The zero-order chi connectivity index (χ0) is 20.6. The molecule has 29 heavy (non-hydrogen) atoms. The molecular weight excluding hydrogens is 527 g/mol. The lowest BCUT2D eigenvalue weighted by Gasteiger charge is -2.36. The Morgan fingerprint density at radius 1 is 1.21 bits per heavy atom. The molecular formula is C19H30ClIN4O3S. The Morgan fingerprint density at radius 3 is 2.45 bits per heavy atom. The topological polar surface area (TPSA) is 82.1 Å². The summed E-state index contributed by atoms with van der Waals surface area (Å²) in [6.07, 6.45) is 2.09. The number of aliphatic imine (C=N–C) groups is 1. The van der Waals surface area contributed by atoms with Gasteiger partial charge in [-0.2, -0.15) is 0 Å². The van der Waals surface area contributed by atoms with Crippen LogP contribution in [0.25, 0.3) is 0 Å². The van der Waals surface area contributed by atoms with Gasteiger partial charge in [-0.1, -0.05) is 23.7 Å².